The van der Waals surface area contributed by atoms with E-state index >= 15 is 0 Å². The molecule has 1 rings (SSSR count). The molecule has 1 aliphatic rings. The van der Waals surface area contributed by atoms with Gasteiger partial charge in [-0.25, -0.2) is 0 Å². The number of hydrogen-bond donors (Lipinski definition) is 2. The Balaban J connectivity index is 2.53. The summed E-state index contributed by atoms with van der Waals surface area (Å²) in [5, 5.41) is 0. The molecule has 1 unspecified atom stereocenters. The molecule has 0 spiro atoms. The Morgan fingerprint density at radius 1 is 1.21 bits per heavy atom. The quantitative estimate of drug-likeness (QED) is 0.315. The van der Waals surface area contributed by atoms with Crippen molar-refractivity contribution in [1.82, 2.24) is 5.43 Å². The molecule has 1 atom stereocenters. The minimum absolute atomic E-state index is 0.387. The van der Waals surface area contributed by atoms with Crippen molar-refractivity contribution >= 4 is 0 Å². The van der Waals surface area contributed by atoms with Gasteiger partial charge in [0, 0.05) is 6.04 Å². The number of hydrazine groups is 1. The summed E-state index contributed by atoms with van der Waals surface area (Å²) in [6.45, 7) is 4.28. The third-order valence-electron chi connectivity index (χ3n) is 3.11. The maximum absolute atomic E-state index is 5.61. The van der Waals surface area contributed by atoms with E-state index in [4.69, 9.17) is 5.84 Å². The van der Waals surface area contributed by atoms with Crippen LogP contribution in [0.25, 0.3) is 0 Å². The Bertz CT molecular complexity index is 175. The first kappa shape index (κ1) is 11.7. The zero-order chi connectivity index (χ0) is 10.4. The summed E-state index contributed by atoms with van der Waals surface area (Å²) in [5.41, 5.74) is 4.31. The van der Waals surface area contributed by atoms with Gasteiger partial charge in [0.2, 0.25) is 0 Å². The zero-order valence-corrected chi connectivity index (χ0v) is 9.55. The summed E-state index contributed by atoms with van der Waals surface area (Å²) >= 11 is 0. The molecule has 0 saturated heterocycles. The van der Waals surface area contributed by atoms with Gasteiger partial charge in [-0.05, 0) is 32.6 Å². The highest BCUT2D eigenvalue weighted by Gasteiger charge is 2.19. The standard InChI is InChI=1S/C12H24N2/c1-10(2)9-12(14-13)11-7-5-3-4-6-8-11/h9,11-12,14H,3-8,13H2,1-2H3. The summed E-state index contributed by atoms with van der Waals surface area (Å²) in [6.07, 6.45) is 10.5. The van der Waals surface area contributed by atoms with E-state index in [0.717, 1.165) is 5.92 Å². The monoisotopic (exact) mass is 196 g/mol. The van der Waals surface area contributed by atoms with E-state index in [2.05, 4.69) is 25.3 Å². The lowest BCUT2D eigenvalue weighted by atomic mass is 9.91. The topological polar surface area (TPSA) is 38.0 Å². The average Bonchev–Trinajstić information content (AvgIpc) is 2.41. The van der Waals surface area contributed by atoms with Crippen LogP contribution in [0.15, 0.2) is 11.6 Å². The Morgan fingerprint density at radius 2 is 1.79 bits per heavy atom. The molecule has 1 saturated carbocycles. The molecule has 14 heavy (non-hydrogen) atoms. The number of rotatable bonds is 3. The number of nitrogens with two attached hydrogens (primary N) is 1. The molecule has 82 valence electrons. The van der Waals surface area contributed by atoms with E-state index in [1.807, 2.05) is 0 Å². The molecular formula is C12H24N2. The van der Waals surface area contributed by atoms with Crippen LogP contribution in [0, 0.1) is 5.92 Å². The second kappa shape index (κ2) is 6.20. The van der Waals surface area contributed by atoms with E-state index in [1.54, 1.807) is 0 Å². The minimum Gasteiger partial charge on any atom is -0.271 e. The van der Waals surface area contributed by atoms with Crippen LogP contribution in [0.4, 0.5) is 0 Å². The van der Waals surface area contributed by atoms with Crippen LogP contribution < -0.4 is 11.3 Å². The first-order valence-corrected chi connectivity index (χ1v) is 5.85. The van der Waals surface area contributed by atoms with Crippen LogP contribution in [-0.2, 0) is 0 Å². The fourth-order valence-electron chi connectivity index (χ4n) is 2.35. The van der Waals surface area contributed by atoms with Gasteiger partial charge in [0.05, 0.1) is 0 Å². The Kier molecular flexibility index (Phi) is 5.20. The van der Waals surface area contributed by atoms with Crippen LogP contribution >= 0.6 is 0 Å². The summed E-state index contributed by atoms with van der Waals surface area (Å²) in [5.74, 6) is 6.36. The SMILES string of the molecule is CC(C)=CC(NN)C1CCCCCC1. The van der Waals surface area contributed by atoms with Gasteiger partial charge in [-0.2, -0.15) is 0 Å². The molecule has 0 bridgehead atoms. The van der Waals surface area contributed by atoms with Gasteiger partial charge in [-0.15, -0.1) is 0 Å². The van der Waals surface area contributed by atoms with Crippen molar-refractivity contribution in [2.45, 2.75) is 58.4 Å². The zero-order valence-electron chi connectivity index (χ0n) is 9.55. The molecule has 0 amide bonds. The molecular weight excluding hydrogens is 172 g/mol. The number of hydrogen-bond acceptors (Lipinski definition) is 2. The predicted molar refractivity (Wildman–Crippen MR) is 61.7 cm³/mol. The number of allylic oxidation sites excluding steroid dienone is 1. The van der Waals surface area contributed by atoms with Crippen LogP contribution in [0.2, 0.25) is 0 Å². The lowest BCUT2D eigenvalue weighted by molar-refractivity contribution is 0.367. The second-order valence-electron chi connectivity index (χ2n) is 4.69. The van der Waals surface area contributed by atoms with Crippen molar-refractivity contribution in [1.29, 1.82) is 0 Å². The van der Waals surface area contributed by atoms with Gasteiger partial charge in [0.15, 0.2) is 0 Å². The van der Waals surface area contributed by atoms with Gasteiger partial charge < -0.3 is 0 Å². The maximum atomic E-state index is 5.61. The normalized spacial score (nSPS) is 21.4. The van der Waals surface area contributed by atoms with Crippen molar-refractivity contribution in [2.75, 3.05) is 0 Å². The van der Waals surface area contributed by atoms with Crippen LogP contribution in [0.3, 0.4) is 0 Å². The van der Waals surface area contributed by atoms with Crippen molar-refractivity contribution in [3.8, 4) is 0 Å². The maximum Gasteiger partial charge on any atom is 0.0421 e. The van der Waals surface area contributed by atoms with Gasteiger partial charge in [-0.1, -0.05) is 37.3 Å². The van der Waals surface area contributed by atoms with Gasteiger partial charge in [0.25, 0.3) is 0 Å². The predicted octanol–water partition coefficient (Wildman–Crippen LogP) is 2.75. The van der Waals surface area contributed by atoms with Gasteiger partial charge in [0.1, 0.15) is 0 Å². The smallest absolute Gasteiger partial charge is 0.0421 e. The Morgan fingerprint density at radius 3 is 2.21 bits per heavy atom. The molecule has 0 aromatic rings. The lowest BCUT2D eigenvalue weighted by Crippen LogP contribution is -2.39. The molecule has 3 N–H and O–H groups in total. The molecule has 0 aromatic heterocycles. The number of nitrogens with one attached hydrogen (secondary N) is 1. The molecule has 2 nitrogen and oxygen atoms in total. The molecule has 0 aromatic carbocycles. The van der Waals surface area contributed by atoms with E-state index in [0.29, 0.717) is 6.04 Å². The van der Waals surface area contributed by atoms with E-state index in [1.165, 1.54) is 44.1 Å². The first-order chi connectivity index (χ1) is 6.74. The van der Waals surface area contributed by atoms with E-state index in [9.17, 15) is 0 Å². The average molecular weight is 196 g/mol. The van der Waals surface area contributed by atoms with Crippen LogP contribution in [0.5, 0.6) is 0 Å². The highest BCUT2D eigenvalue weighted by atomic mass is 15.2. The summed E-state index contributed by atoms with van der Waals surface area (Å²) in [6, 6.07) is 0.387. The van der Waals surface area contributed by atoms with Crippen molar-refractivity contribution in [2.24, 2.45) is 11.8 Å². The van der Waals surface area contributed by atoms with E-state index < -0.39 is 0 Å². The molecule has 1 fully saturated rings. The fraction of sp³-hybridized carbons (Fsp3) is 0.833. The summed E-state index contributed by atoms with van der Waals surface area (Å²) in [7, 11) is 0. The molecule has 0 heterocycles. The molecule has 1 aliphatic carbocycles. The van der Waals surface area contributed by atoms with Gasteiger partial charge in [-0.3, -0.25) is 11.3 Å². The first-order valence-electron chi connectivity index (χ1n) is 5.85. The highest BCUT2D eigenvalue weighted by Crippen LogP contribution is 2.26. The molecule has 0 aliphatic heterocycles. The minimum atomic E-state index is 0.387. The largest absolute Gasteiger partial charge is 0.271 e. The third-order valence-corrected chi connectivity index (χ3v) is 3.11. The third kappa shape index (κ3) is 3.81. The lowest BCUT2D eigenvalue weighted by Gasteiger charge is -2.23. The van der Waals surface area contributed by atoms with Crippen molar-refractivity contribution < 1.29 is 0 Å². The van der Waals surface area contributed by atoms with E-state index in [-0.39, 0.29) is 0 Å². The van der Waals surface area contributed by atoms with Crippen LogP contribution in [0.1, 0.15) is 52.4 Å². The molecule has 2 heteroatoms. The van der Waals surface area contributed by atoms with Gasteiger partial charge >= 0.3 is 0 Å². The summed E-state index contributed by atoms with van der Waals surface area (Å²) in [4.78, 5) is 0. The highest BCUT2D eigenvalue weighted by molar-refractivity contribution is 5.02. The van der Waals surface area contributed by atoms with Crippen LogP contribution in [-0.4, -0.2) is 6.04 Å². The Hall–Kier alpha value is -0.340. The Labute approximate surface area is 87.9 Å². The second-order valence-corrected chi connectivity index (χ2v) is 4.69. The summed E-state index contributed by atoms with van der Waals surface area (Å²) < 4.78 is 0. The van der Waals surface area contributed by atoms with Crippen molar-refractivity contribution in [3.05, 3.63) is 11.6 Å². The van der Waals surface area contributed by atoms with Crippen molar-refractivity contribution in [3.63, 3.8) is 0 Å². The fourth-order valence-corrected chi connectivity index (χ4v) is 2.35. The molecule has 0 radical (unpaired) electrons.